The average Bonchev–Trinajstić information content (AvgIpc) is 2.26. The Morgan fingerprint density at radius 3 is 2.28 bits per heavy atom. The summed E-state index contributed by atoms with van der Waals surface area (Å²) in [5.74, 6) is 3.36. The van der Waals surface area contributed by atoms with E-state index in [0.717, 1.165) is 22.8 Å². The van der Waals surface area contributed by atoms with Crippen molar-refractivity contribution in [2.45, 2.75) is 12.7 Å². The van der Waals surface area contributed by atoms with Gasteiger partial charge in [-0.3, -0.25) is 4.79 Å². The van der Waals surface area contributed by atoms with Crippen LogP contribution in [0.3, 0.4) is 0 Å². The molecule has 1 aromatic carbocycles. The monoisotopic (exact) mass is 280 g/mol. The molecule has 0 radical (unpaired) electrons. The van der Waals surface area contributed by atoms with Crippen molar-refractivity contribution in [1.29, 1.82) is 0 Å². The van der Waals surface area contributed by atoms with E-state index in [1.807, 2.05) is 18.2 Å². The van der Waals surface area contributed by atoms with Crippen LogP contribution in [0.4, 0.5) is 17.3 Å². The summed E-state index contributed by atoms with van der Waals surface area (Å²) >= 11 is 0. The molecule has 1 aromatic rings. The van der Waals surface area contributed by atoms with Crippen LogP contribution in [-0.4, -0.2) is 24.5 Å². The molecule has 1 aliphatic heterocycles. The van der Waals surface area contributed by atoms with Crippen LogP contribution in [0.15, 0.2) is 24.3 Å². The lowest BCUT2D eigenvalue weighted by Gasteiger charge is -2.15. The second kappa shape index (κ2) is 6.27. The van der Waals surface area contributed by atoms with Crippen molar-refractivity contribution in [3.05, 3.63) is 35.4 Å². The maximum Gasteiger partial charge on any atom is 0.673 e. The molecule has 0 spiro atoms. The minimum absolute atomic E-state index is 0.307. The molecule has 0 N–H and O–H groups in total. The number of hydrogen-bond acceptors (Lipinski definition) is 1. The first-order valence-electron chi connectivity index (χ1n) is 5.43. The third-order valence-electron chi connectivity index (χ3n) is 2.42. The number of ketones is 1. The molecule has 2 rings (SSSR count). The second-order valence-corrected chi connectivity index (χ2v) is 6.14. The number of Topliss-reactive ketones (excluding diaryl/α,β-unsaturated/α-hetero) is 1. The lowest BCUT2D eigenvalue weighted by Crippen LogP contribution is -2.26. The molecule has 1 heterocycles. The summed E-state index contributed by atoms with van der Waals surface area (Å²) in [5, 5.41) is 0. The first kappa shape index (κ1) is 15.1. The van der Waals surface area contributed by atoms with E-state index in [-0.39, 0.29) is 0 Å². The molecular weight excluding hydrogens is 267 g/mol. The highest BCUT2D eigenvalue weighted by atomic mass is 32.2. The minimum atomic E-state index is -6.00. The van der Waals surface area contributed by atoms with Crippen molar-refractivity contribution in [3.8, 4) is 0 Å². The molecular formula is C11H13BF4OS. The first-order chi connectivity index (χ1) is 8.31. The fourth-order valence-electron chi connectivity index (χ4n) is 1.66. The van der Waals surface area contributed by atoms with Gasteiger partial charge in [0.1, 0.15) is 11.5 Å². The third-order valence-corrected chi connectivity index (χ3v) is 4.63. The summed E-state index contributed by atoms with van der Waals surface area (Å²) < 4.78 is 39.0. The minimum Gasteiger partial charge on any atom is -0.418 e. The van der Waals surface area contributed by atoms with Gasteiger partial charge in [0.05, 0.1) is 0 Å². The number of carbonyl (C=O) groups is 1. The van der Waals surface area contributed by atoms with Crippen LogP contribution >= 0.6 is 0 Å². The summed E-state index contributed by atoms with van der Waals surface area (Å²) in [6, 6.07) is 8.01. The number of hydrogen-bond donors (Lipinski definition) is 0. The largest absolute Gasteiger partial charge is 0.673 e. The quantitative estimate of drug-likeness (QED) is 0.438. The van der Waals surface area contributed by atoms with Gasteiger partial charge in [-0.15, -0.1) is 0 Å². The summed E-state index contributed by atoms with van der Waals surface area (Å²) in [6.45, 7) is 2.17. The van der Waals surface area contributed by atoms with Gasteiger partial charge in [-0.05, 0) is 17.8 Å². The van der Waals surface area contributed by atoms with E-state index in [9.17, 15) is 22.1 Å². The zero-order valence-corrected chi connectivity index (χ0v) is 10.7. The molecule has 0 fully saturated rings. The van der Waals surface area contributed by atoms with Crippen LogP contribution in [0, 0.1) is 0 Å². The predicted octanol–water partition coefficient (Wildman–Crippen LogP) is 3.32. The molecule has 1 unspecified atom stereocenters. The van der Waals surface area contributed by atoms with Crippen LogP contribution in [0.2, 0.25) is 0 Å². The van der Waals surface area contributed by atoms with E-state index in [1.54, 1.807) is 0 Å². The van der Waals surface area contributed by atoms with Gasteiger partial charge >= 0.3 is 7.25 Å². The highest BCUT2D eigenvalue weighted by Gasteiger charge is 2.30. The Labute approximate surface area is 106 Å². The van der Waals surface area contributed by atoms with Gasteiger partial charge in [0.2, 0.25) is 5.78 Å². The van der Waals surface area contributed by atoms with Gasteiger partial charge in [0, 0.05) is 11.1 Å². The number of carbonyl (C=O) groups excluding carboxylic acids is 1. The molecule has 0 aliphatic carbocycles. The van der Waals surface area contributed by atoms with E-state index in [1.165, 1.54) is 5.56 Å². The van der Waals surface area contributed by atoms with Crippen molar-refractivity contribution in [1.82, 2.24) is 0 Å². The second-order valence-electron chi connectivity index (χ2n) is 3.76. The lowest BCUT2D eigenvalue weighted by molar-refractivity contribution is 0.101. The third kappa shape index (κ3) is 5.12. The Bertz CT molecular complexity index is 416. The van der Waals surface area contributed by atoms with Crippen LogP contribution in [0.25, 0.3) is 0 Å². The standard InChI is InChI=1S/C11H13OS.BF4/c1-2-13-7-9-5-3-4-6-10(9)11(12)8-13;2-1(3,4)5/h3-6H,2,7-8H2,1H3;/q+1;-1. The van der Waals surface area contributed by atoms with Gasteiger partial charge in [-0.1, -0.05) is 24.3 Å². The number of fused-ring (bicyclic) bond motifs is 1. The molecule has 100 valence electrons. The molecule has 1 aliphatic rings. The summed E-state index contributed by atoms with van der Waals surface area (Å²) in [7, 11) is -5.69. The zero-order valence-electron chi connectivity index (χ0n) is 9.84. The number of rotatable bonds is 1. The lowest BCUT2D eigenvalue weighted by atomic mass is 10.1. The van der Waals surface area contributed by atoms with Gasteiger partial charge < -0.3 is 17.3 Å². The van der Waals surface area contributed by atoms with Gasteiger partial charge in [0.15, 0.2) is 5.75 Å². The topological polar surface area (TPSA) is 17.1 Å². The molecule has 0 bridgehead atoms. The van der Waals surface area contributed by atoms with Crippen molar-refractivity contribution < 1.29 is 22.1 Å². The van der Waals surface area contributed by atoms with Crippen LogP contribution in [-0.2, 0) is 16.6 Å². The summed E-state index contributed by atoms with van der Waals surface area (Å²) in [5.41, 5.74) is 2.21. The molecule has 7 heteroatoms. The molecule has 18 heavy (non-hydrogen) atoms. The van der Waals surface area contributed by atoms with Crippen molar-refractivity contribution >= 4 is 23.9 Å². The summed E-state index contributed by atoms with van der Waals surface area (Å²) in [4.78, 5) is 11.7. The van der Waals surface area contributed by atoms with Crippen molar-refractivity contribution in [2.24, 2.45) is 0 Å². The van der Waals surface area contributed by atoms with Crippen LogP contribution in [0.5, 0.6) is 0 Å². The van der Waals surface area contributed by atoms with E-state index in [4.69, 9.17) is 0 Å². The van der Waals surface area contributed by atoms with Gasteiger partial charge in [-0.2, -0.15) is 0 Å². The number of benzene rings is 1. The van der Waals surface area contributed by atoms with Crippen molar-refractivity contribution in [3.63, 3.8) is 0 Å². The Kier molecular flexibility index (Phi) is 5.25. The molecule has 1 atom stereocenters. The fraction of sp³-hybridized carbons (Fsp3) is 0.364. The number of halogens is 4. The zero-order chi connectivity index (χ0) is 13.8. The predicted molar refractivity (Wildman–Crippen MR) is 67.4 cm³/mol. The van der Waals surface area contributed by atoms with E-state index < -0.39 is 7.25 Å². The summed E-state index contributed by atoms with van der Waals surface area (Å²) in [6.07, 6.45) is 0. The van der Waals surface area contributed by atoms with E-state index in [0.29, 0.717) is 16.7 Å². The Morgan fingerprint density at radius 1 is 1.17 bits per heavy atom. The molecule has 1 nitrogen and oxygen atoms in total. The van der Waals surface area contributed by atoms with Crippen molar-refractivity contribution in [2.75, 3.05) is 11.5 Å². The fourth-order valence-corrected chi connectivity index (χ4v) is 3.38. The van der Waals surface area contributed by atoms with E-state index >= 15 is 0 Å². The molecule has 0 amide bonds. The van der Waals surface area contributed by atoms with Crippen LogP contribution < -0.4 is 0 Å². The SMILES string of the molecule is CC[S+]1CC(=O)c2ccccc2C1.F[B-](F)(F)F. The maximum absolute atomic E-state index is 11.7. The average molecular weight is 280 g/mol. The first-order valence-corrected chi connectivity index (χ1v) is 7.17. The Hall–Kier alpha value is -0.975. The normalized spacial score (nSPS) is 18.7. The Morgan fingerprint density at radius 2 is 1.72 bits per heavy atom. The molecule has 0 saturated carbocycles. The smallest absolute Gasteiger partial charge is 0.418 e. The van der Waals surface area contributed by atoms with Gasteiger partial charge in [-0.25, -0.2) is 0 Å². The highest BCUT2D eigenvalue weighted by Crippen LogP contribution is 2.21. The highest BCUT2D eigenvalue weighted by molar-refractivity contribution is 7.96. The van der Waals surface area contributed by atoms with Gasteiger partial charge in [0.25, 0.3) is 0 Å². The Balaban J connectivity index is 0.000000280. The van der Waals surface area contributed by atoms with E-state index in [2.05, 4.69) is 13.0 Å². The van der Waals surface area contributed by atoms with Crippen LogP contribution in [0.1, 0.15) is 22.8 Å². The molecule has 0 aromatic heterocycles. The maximum atomic E-state index is 11.7. The molecule has 0 saturated heterocycles.